The van der Waals surface area contributed by atoms with E-state index in [1.807, 2.05) is 0 Å². The number of furan rings is 1. The summed E-state index contributed by atoms with van der Waals surface area (Å²) in [5.41, 5.74) is 18.2. The fourth-order valence-corrected chi connectivity index (χ4v) is 12.3. The van der Waals surface area contributed by atoms with Crippen molar-refractivity contribution in [1.82, 2.24) is 4.48 Å². The monoisotopic (exact) mass is 848 g/mol. The minimum absolute atomic E-state index is 0.0757. The summed E-state index contributed by atoms with van der Waals surface area (Å²) in [6.07, 6.45) is 0. The molecule has 0 aliphatic carbocycles. The first-order chi connectivity index (χ1) is 31.8. The molecule has 0 saturated carbocycles. The molecule has 14 rings (SSSR count). The van der Waals surface area contributed by atoms with Crippen LogP contribution in [0.15, 0.2) is 156 Å². The van der Waals surface area contributed by atoms with Gasteiger partial charge in [0.1, 0.15) is 11.2 Å². The van der Waals surface area contributed by atoms with Crippen molar-refractivity contribution in [3.63, 3.8) is 0 Å². The second-order valence-electron chi connectivity index (χ2n) is 21.3. The van der Waals surface area contributed by atoms with Gasteiger partial charge in [0.25, 0.3) is 0 Å². The Bertz CT molecular complexity index is 4140. The second kappa shape index (κ2) is 12.7. The molecule has 0 unspecified atom stereocenters. The highest BCUT2D eigenvalue weighted by atomic mass is 16.3. The molecule has 66 heavy (non-hydrogen) atoms. The topological polar surface area (TPSA) is 21.3 Å². The second-order valence-corrected chi connectivity index (χ2v) is 21.3. The van der Waals surface area contributed by atoms with E-state index in [-0.39, 0.29) is 17.7 Å². The molecule has 3 nitrogen and oxygen atoms in total. The van der Waals surface area contributed by atoms with E-state index in [2.05, 4.69) is 216 Å². The van der Waals surface area contributed by atoms with Gasteiger partial charge in [-0.05, 0) is 143 Å². The Morgan fingerprint density at radius 1 is 0.470 bits per heavy atom. The van der Waals surface area contributed by atoms with Crippen molar-refractivity contribution in [3.05, 3.63) is 174 Å². The van der Waals surface area contributed by atoms with E-state index in [1.54, 1.807) is 0 Å². The average Bonchev–Trinajstić information content (AvgIpc) is 3.87. The summed E-state index contributed by atoms with van der Waals surface area (Å²) < 4.78 is 9.80. The summed E-state index contributed by atoms with van der Waals surface area (Å²) in [7, 11) is 0. The summed E-state index contributed by atoms with van der Waals surface area (Å²) in [6.45, 7) is 18.6. The van der Waals surface area contributed by atoms with E-state index in [0.717, 1.165) is 16.6 Å². The molecular weight excluding hydrogens is 800 g/mol. The molecule has 4 heteroatoms. The van der Waals surface area contributed by atoms with Gasteiger partial charge in [0.2, 0.25) is 0 Å². The van der Waals surface area contributed by atoms with Gasteiger partial charge in [0, 0.05) is 61.3 Å². The fraction of sp³-hybridized carbons (Fsp3) is 0.161. The number of fused-ring (bicyclic) bond motifs is 17. The van der Waals surface area contributed by atoms with Crippen LogP contribution in [0.4, 0.5) is 17.1 Å². The van der Waals surface area contributed by atoms with Crippen molar-refractivity contribution < 1.29 is 4.42 Å². The van der Waals surface area contributed by atoms with Crippen molar-refractivity contribution >= 4 is 122 Å². The van der Waals surface area contributed by atoms with Crippen LogP contribution in [0.25, 0.3) is 98.0 Å². The van der Waals surface area contributed by atoms with Crippen LogP contribution in [-0.2, 0) is 10.8 Å². The lowest BCUT2D eigenvalue weighted by molar-refractivity contribution is 0.569. The lowest BCUT2D eigenvalue weighted by atomic mass is 9.44. The maximum absolute atomic E-state index is 7.06. The molecule has 0 saturated heterocycles. The van der Waals surface area contributed by atoms with Gasteiger partial charge < -0.3 is 13.8 Å². The quantitative estimate of drug-likeness (QED) is 0.121. The van der Waals surface area contributed by atoms with Crippen LogP contribution < -0.4 is 15.8 Å². The van der Waals surface area contributed by atoms with Crippen LogP contribution in [0.3, 0.4) is 0 Å². The summed E-state index contributed by atoms with van der Waals surface area (Å²) in [5, 5.41) is 15.3. The zero-order chi connectivity index (χ0) is 44.7. The van der Waals surface area contributed by atoms with Gasteiger partial charge in [-0.3, -0.25) is 0 Å². The summed E-state index contributed by atoms with van der Waals surface area (Å²) >= 11 is 0. The minimum Gasteiger partial charge on any atom is -0.456 e. The first kappa shape index (κ1) is 38.0. The van der Waals surface area contributed by atoms with E-state index in [0.29, 0.717) is 0 Å². The van der Waals surface area contributed by atoms with Gasteiger partial charge in [0.05, 0.1) is 0 Å². The molecular formula is C62H49BN2O. The molecule has 4 heterocycles. The van der Waals surface area contributed by atoms with Crippen LogP contribution in [0, 0.1) is 13.8 Å². The van der Waals surface area contributed by atoms with Crippen molar-refractivity contribution in [3.8, 4) is 11.1 Å². The van der Waals surface area contributed by atoms with E-state index in [1.165, 1.54) is 132 Å². The number of aromatic nitrogens is 1. The van der Waals surface area contributed by atoms with Gasteiger partial charge >= 0.3 is 6.85 Å². The smallest absolute Gasteiger partial charge is 0.333 e. The predicted octanol–water partition coefficient (Wildman–Crippen LogP) is 15.9. The maximum Gasteiger partial charge on any atom is 0.333 e. The Hall–Kier alpha value is -7.30. The summed E-state index contributed by atoms with van der Waals surface area (Å²) in [4.78, 5) is 2.62. The zero-order valence-corrected chi connectivity index (χ0v) is 38.8. The minimum atomic E-state index is -0.141. The highest BCUT2D eigenvalue weighted by Gasteiger charge is 2.45. The average molecular weight is 849 g/mol. The number of anilines is 3. The predicted molar refractivity (Wildman–Crippen MR) is 284 cm³/mol. The van der Waals surface area contributed by atoms with Gasteiger partial charge in [-0.25, -0.2) is 0 Å². The first-order valence-electron chi connectivity index (χ1n) is 23.6. The van der Waals surface area contributed by atoms with Gasteiger partial charge in [-0.2, -0.15) is 0 Å². The molecule has 0 fully saturated rings. The van der Waals surface area contributed by atoms with Gasteiger partial charge in [-0.15, -0.1) is 0 Å². The third-order valence-corrected chi connectivity index (χ3v) is 15.6. The number of nitrogens with zero attached hydrogens (tertiary/aromatic N) is 2. The Balaban J connectivity index is 1.25. The number of benzene rings is 10. The first-order valence-corrected chi connectivity index (χ1v) is 23.6. The molecule has 0 amide bonds. The Morgan fingerprint density at radius 2 is 1.06 bits per heavy atom. The number of hydrogen-bond donors (Lipinski definition) is 0. The van der Waals surface area contributed by atoms with Crippen molar-refractivity contribution in [2.75, 3.05) is 4.90 Å². The van der Waals surface area contributed by atoms with Gasteiger partial charge in [0.15, 0.2) is 0 Å². The van der Waals surface area contributed by atoms with E-state index >= 15 is 0 Å². The van der Waals surface area contributed by atoms with Crippen LogP contribution in [0.2, 0.25) is 0 Å². The van der Waals surface area contributed by atoms with Crippen LogP contribution in [0.5, 0.6) is 0 Å². The normalized spacial score (nSPS) is 13.7. The lowest BCUT2D eigenvalue weighted by Gasteiger charge is -2.41. The molecule has 0 radical (unpaired) electrons. The van der Waals surface area contributed by atoms with Gasteiger partial charge in [-0.1, -0.05) is 151 Å². The van der Waals surface area contributed by atoms with E-state index < -0.39 is 0 Å². The fourth-order valence-electron chi connectivity index (χ4n) is 12.3. The molecule has 0 spiro atoms. The molecule has 2 aliphatic rings. The highest BCUT2D eigenvalue weighted by molar-refractivity contribution is 6.90. The third kappa shape index (κ3) is 4.89. The van der Waals surface area contributed by atoms with Crippen LogP contribution in [-0.4, -0.2) is 11.3 Å². The number of rotatable bonds is 1. The summed E-state index contributed by atoms with van der Waals surface area (Å²) in [6, 6.07) is 57.8. The summed E-state index contributed by atoms with van der Waals surface area (Å²) in [5.74, 6) is 0. The third-order valence-electron chi connectivity index (χ3n) is 15.6. The molecule has 0 bridgehead atoms. The highest BCUT2D eigenvalue weighted by Crippen LogP contribution is 2.53. The molecule has 12 aromatic rings. The molecule has 0 N–H and O–H groups in total. The molecule has 0 atom stereocenters. The zero-order valence-electron chi connectivity index (χ0n) is 38.8. The maximum atomic E-state index is 7.06. The Kier molecular flexibility index (Phi) is 7.34. The number of hydrogen-bond acceptors (Lipinski definition) is 2. The molecule has 10 aromatic carbocycles. The Morgan fingerprint density at radius 3 is 1.74 bits per heavy atom. The lowest BCUT2D eigenvalue weighted by Crippen LogP contribution is -2.56. The standard InChI is InChI=1S/C62H49BN2O/c1-34-41-19-13-14-20-42(41)35(2)47-32-51-49(31-46(34)47)63-59-52(64(51)40-29-38(61(3,4)5)28-39(30-40)62(6,7)8)33-54-56(45-23-15-16-24-53(45)66-54)57(59)48-27-37-18-10-12-22-44(37)58-55-43-21-11-9-17-36(43)25-26-50(55)65(63)60(48)58/h9-33H,1-8H3. The molecule has 2 aromatic heterocycles. The van der Waals surface area contributed by atoms with Crippen molar-refractivity contribution in [2.45, 2.75) is 66.2 Å². The number of para-hydroxylation sites is 1. The van der Waals surface area contributed by atoms with Crippen molar-refractivity contribution in [2.24, 2.45) is 0 Å². The SMILES string of the molecule is Cc1c2ccccc2c(C)c2cc3c(cc12)B1c2c(cc4oc5ccccc5c4c2-c2cc4ccccc4c4c5c6ccccc6ccc5n1c24)N3c1cc(C(C)(C)C)cc(C(C)(C)C)c1. The van der Waals surface area contributed by atoms with E-state index in [9.17, 15) is 0 Å². The Labute approximate surface area is 385 Å². The van der Waals surface area contributed by atoms with Crippen molar-refractivity contribution in [1.29, 1.82) is 0 Å². The van der Waals surface area contributed by atoms with E-state index in [4.69, 9.17) is 4.42 Å². The molecule has 2 aliphatic heterocycles. The number of aryl methyl sites for hydroxylation is 2. The molecule has 316 valence electrons. The van der Waals surface area contributed by atoms with Crippen LogP contribution in [0.1, 0.15) is 63.8 Å². The van der Waals surface area contributed by atoms with Crippen LogP contribution >= 0.6 is 0 Å². The largest absolute Gasteiger partial charge is 0.456 e.